The van der Waals surface area contributed by atoms with Gasteiger partial charge in [0.05, 0.1) is 11.6 Å². The van der Waals surface area contributed by atoms with Crippen molar-refractivity contribution in [2.75, 3.05) is 6.61 Å². The van der Waals surface area contributed by atoms with Crippen molar-refractivity contribution in [2.45, 2.75) is 19.6 Å². The van der Waals surface area contributed by atoms with E-state index in [-0.39, 0.29) is 17.4 Å². The van der Waals surface area contributed by atoms with Crippen LogP contribution in [-0.4, -0.2) is 25.1 Å². The summed E-state index contributed by atoms with van der Waals surface area (Å²) in [5.74, 6) is -1.33. The van der Waals surface area contributed by atoms with E-state index in [1.165, 1.54) is 24.3 Å². The summed E-state index contributed by atoms with van der Waals surface area (Å²) < 4.78 is 33.2. The fourth-order valence-electron chi connectivity index (χ4n) is 2.17. The number of amides is 1. The maximum Gasteiger partial charge on any atom is 0.387 e. The largest absolute Gasteiger partial charge is 0.452 e. The number of carbonyl (C=O) groups is 2. The highest BCUT2D eigenvalue weighted by Gasteiger charge is 2.15. The molecule has 0 fully saturated rings. The maximum atomic E-state index is 12.1. The van der Waals surface area contributed by atoms with Gasteiger partial charge in [-0.15, -0.1) is 0 Å². The summed E-state index contributed by atoms with van der Waals surface area (Å²) in [4.78, 5) is 23.8. The summed E-state index contributed by atoms with van der Waals surface area (Å²) in [6.45, 7) is -1.68. The first-order valence-corrected chi connectivity index (χ1v) is 8.00. The van der Waals surface area contributed by atoms with E-state index in [1.54, 1.807) is 31.2 Å². The van der Waals surface area contributed by atoms with E-state index in [2.05, 4.69) is 10.1 Å². The highest BCUT2D eigenvalue weighted by Crippen LogP contribution is 2.22. The number of hydrogen-bond donors (Lipinski definition) is 1. The average Bonchev–Trinajstić information content (AvgIpc) is 2.60. The Labute approximate surface area is 153 Å². The van der Waals surface area contributed by atoms with Gasteiger partial charge >= 0.3 is 12.6 Å². The molecule has 0 unspecified atom stereocenters. The van der Waals surface area contributed by atoms with Gasteiger partial charge in [0.2, 0.25) is 0 Å². The van der Waals surface area contributed by atoms with Crippen LogP contribution in [0.1, 0.15) is 28.9 Å². The predicted octanol–water partition coefficient (Wildman–Crippen LogP) is 3.98. The molecule has 0 aliphatic rings. The number of halogens is 3. The molecular weight excluding hydrogens is 368 g/mol. The molecule has 1 amide bonds. The first-order valence-electron chi connectivity index (χ1n) is 7.62. The molecule has 0 aromatic heterocycles. The summed E-state index contributed by atoms with van der Waals surface area (Å²) in [5, 5.41) is 3.19. The standard InChI is InChI=1S/C18H16ClF2NO4/c1-11(14-4-2-3-5-15(14)19)22-16(23)10-25-17(24)12-6-8-13(9-7-12)26-18(20)21/h2-9,11,18H,10H2,1H3,(H,22,23)/t11-/m1/s1. The van der Waals surface area contributed by atoms with Gasteiger partial charge in [-0.3, -0.25) is 4.79 Å². The number of carbonyl (C=O) groups excluding carboxylic acids is 2. The molecular formula is C18H16ClF2NO4. The third kappa shape index (κ3) is 5.70. The SMILES string of the molecule is C[C@@H](NC(=O)COC(=O)c1ccc(OC(F)F)cc1)c1ccccc1Cl. The topological polar surface area (TPSA) is 64.6 Å². The molecule has 0 aliphatic heterocycles. The molecule has 1 atom stereocenters. The molecule has 0 radical (unpaired) electrons. The van der Waals surface area contributed by atoms with Crippen LogP contribution in [0.3, 0.4) is 0 Å². The van der Waals surface area contributed by atoms with Gasteiger partial charge in [-0.25, -0.2) is 4.79 Å². The fourth-order valence-corrected chi connectivity index (χ4v) is 2.47. The van der Waals surface area contributed by atoms with E-state index in [9.17, 15) is 18.4 Å². The van der Waals surface area contributed by atoms with Crippen molar-refractivity contribution in [3.8, 4) is 5.75 Å². The second-order valence-electron chi connectivity index (χ2n) is 5.29. The lowest BCUT2D eigenvalue weighted by Crippen LogP contribution is -2.31. The van der Waals surface area contributed by atoms with Gasteiger partial charge in [-0.2, -0.15) is 8.78 Å². The zero-order valence-corrected chi connectivity index (χ0v) is 14.5. The zero-order valence-electron chi connectivity index (χ0n) is 13.7. The van der Waals surface area contributed by atoms with Gasteiger partial charge in [-0.1, -0.05) is 29.8 Å². The van der Waals surface area contributed by atoms with Gasteiger partial charge in [-0.05, 0) is 42.8 Å². The van der Waals surface area contributed by atoms with Crippen molar-refractivity contribution < 1.29 is 27.8 Å². The molecule has 2 aromatic rings. The van der Waals surface area contributed by atoms with Crippen LogP contribution < -0.4 is 10.1 Å². The van der Waals surface area contributed by atoms with Crippen LogP contribution >= 0.6 is 11.6 Å². The van der Waals surface area contributed by atoms with Crippen molar-refractivity contribution in [3.63, 3.8) is 0 Å². The number of rotatable bonds is 7. The van der Waals surface area contributed by atoms with Crippen molar-refractivity contribution >= 4 is 23.5 Å². The number of esters is 1. The molecule has 0 aliphatic carbocycles. The average molecular weight is 384 g/mol. The Hall–Kier alpha value is -2.67. The van der Waals surface area contributed by atoms with E-state index < -0.39 is 25.1 Å². The lowest BCUT2D eigenvalue weighted by Gasteiger charge is -2.15. The second-order valence-corrected chi connectivity index (χ2v) is 5.70. The maximum absolute atomic E-state index is 12.1. The molecule has 138 valence electrons. The normalized spacial score (nSPS) is 11.7. The first kappa shape index (κ1) is 19.7. The molecule has 0 heterocycles. The summed E-state index contributed by atoms with van der Waals surface area (Å²) in [6.07, 6.45) is 0. The fraction of sp³-hybridized carbons (Fsp3) is 0.222. The second kappa shape index (κ2) is 9.15. The molecule has 1 N–H and O–H groups in total. The van der Waals surface area contributed by atoms with E-state index in [0.29, 0.717) is 5.02 Å². The Bertz CT molecular complexity index is 768. The van der Waals surface area contributed by atoms with E-state index in [1.807, 2.05) is 0 Å². The molecule has 2 rings (SSSR count). The van der Waals surface area contributed by atoms with Gasteiger partial charge in [0.1, 0.15) is 5.75 Å². The Morgan fingerprint density at radius 1 is 1.12 bits per heavy atom. The minimum atomic E-state index is -2.95. The van der Waals surface area contributed by atoms with Crippen LogP contribution in [0.4, 0.5) is 8.78 Å². The van der Waals surface area contributed by atoms with Crippen molar-refractivity contribution in [2.24, 2.45) is 0 Å². The van der Waals surface area contributed by atoms with Gasteiger partial charge in [0.25, 0.3) is 5.91 Å². The summed E-state index contributed by atoms with van der Waals surface area (Å²) in [6, 6.07) is 11.7. The van der Waals surface area contributed by atoms with Crippen LogP contribution in [0.25, 0.3) is 0 Å². The quantitative estimate of drug-likeness (QED) is 0.735. The van der Waals surface area contributed by atoms with Gasteiger partial charge in [0, 0.05) is 5.02 Å². The van der Waals surface area contributed by atoms with Gasteiger partial charge < -0.3 is 14.8 Å². The molecule has 0 spiro atoms. The van der Waals surface area contributed by atoms with Crippen LogP contribution in [0, 0.1) is 0 Å². The molecule has 26 heavy (non-hydrogen) atoms. The monoisotopic (exact) mass is 383 g/mol. The molecule has 2 aromatic carbocycles. The third-order valence-electron chi connectivity index (χ3n) is 3.40. The minimum absolute atomic E-state index is 0.0807. The lowest BCUT2D eigenvalue weighted by atomic mass is 10.1. The van der Waals surface area contributed by atoms with Gasteiger partial charge in [0.15, 0.2) is 6.61 Å². The van der Waals surface area contributed by atoms with Crippen LogP contribution in [0.15, 0.2) is 48.5 Å². The van der Waals surface area contributed by atoms with E-state index >= 15 is 0 Å². The molecule has 0 saturated heterocycles. The Balaban J connectivity index is 1.85. The smallest absolute Gasteiger partial charge is 0.387 e. The lowest BCUT2D eigenvalue weighted by molar-refractivity contribution is -0.124. The van der Waals surface area contributed by atoms with Crippen molar-refractivity contribution in [1.29, 1.82) is 0 Å². The molecule has 0 bridgehead atoms. The predicted molar refractivity (Wildman–Crippen MR) is 91.4 cm³/mol. The Morgan fingerprint density at radius 3 is 2.38 bits per heavy atom. The third-order valence-corrected chi connectivity index (χ3v) is 3.74. The summed E-state index contributed by atoms with van der Waals surface area (Å²) >= 11 is 6.06. The summed E-state index contributed by atoms with van der Waals surface area (Å²) in [5.41, 5.74) is 0.849. The summed E-state index contributed by atoms with van der Waals surface area (Å²) in [7, 11) is 0. The molecule has 8 heteroatoms. The number of hydrogen-bond acceptors (Lipinski definition) is 4. The number of nitrogens with one attached hydrogen (secondary N) is 1. The van der Waals surface area contributed by atoms with Crippen LogP contribution in [0.5, 0.6) is 5.75 Å². The first-order chi connectivity index (χ1) is 12.4. The number of benzene rings is 2. The Morgan fingerprint density at radius 2 is 1.77 bits per heavy atom. The highest BCUT2D eigenvalue weighted by molar-refractivity contribution is 6.31. The highest BCUT2D eigenvalue weighted by atomic mass is 35.5. The van der Waals surface area contributed by atoms with Crippen LogP contribution in [-0.2, 0) is 9.53 Å². The van der Waals surface area contributed by atoms with Crippen molar-refractivity contribution in [3.05, 3.63) is 64.7 Å². The van der Waals surface area contributed by atoms with Crippen LogP contribution in [0.2, 0.25) is 5.02 Å². The number of alkyl halides is 2. The Kier molecular flexibility index (Phi) is 6.91. The zero-order chi connectivity index (χ0) is 19.1. The van der Waals surface area contributed by atoms with Crippen molar-refractivity contribution in [1.82, 2.24) is 5.32 Å². The van der Waals surface area contributed by atoms with E-state index in [4.69, 9.17) is 16.3 Å². The van der Waals surface area contributed by atoms with E-state index in [0.717, 1.165) is 5.56 Å². The number of ether oxygens (including phenoxy) is 2. The minimum Gasteiger partial charge on any atom is -0.452 e. The molecule has 0 saturated carbocycles. The molecule has 5 nitrogen and oxygen atoms in total.